The summed E-state index contributed by atoms with van der Waals surface area (Å²) in [6.07, 6.45) is 18.1. The highest BCUT2D eigenvalue weighted by atomic mass is 14.2. The van der Waals surface area contributed by atoms with E-state index in [0.29, 0.717) is 0 Å². The van der Waals surface area contributed by atoms with Gasteiger partial charge in [-0.2, -0.15) is 0 Å². The van der Waals surface area contributed by atoms with Crippen molar-refractivity contribution in [1.82, 2.24) is 0 Å². The van der Waals surface area contributed by atoms with Gasteiger partial charge in [-0.3, -0.25) is 0 Å². The highest BCUT2D eigenvalue weighted by molar-refractivity contribution is 5.86. The molecule has 0 atom stereocenters. The minimum atomic E-state index is 1.04. The first-order chi connectivity index (χ1) is 12.3. The normalized spacial score (nSPS) is 16.5. The Balaban J connectivity index is 1.88. The molecule has 0 spiro atoms. The van der Waals surface area contributed by atoms with Crippen LogP contribution in [0.15, 0.2) is 78.9 Å². The summed E-state index contributed by atoms with van der Waals surface area (Å²) in [4.78, 5) is 0. The smallest absolute Gasteiger partial charge is 0.00941 e. The van der Waals surface area contributed by atoms with Crippen LogP contribution in [0.4, 0.5) is 0 Å². The molecule has 2 aliphatic carbocycles. The van der Waals surface area contributed by atoms with Crippen LogP contribution < -0.4 is 0 Å². The van der Waals surface area contributed by atoms with E-state index in [1.54, 1.807) is 0 Å². The Morgan fingerprint density at radius 1 is 0.680 bits per heavy atom. The first kappa shape index (κ1) is 15.9. The van der Waals surface area contributed by atoms with E-state index in [1.165, 1.54) is 39.0 Å². The summed E-state index contributed by atoms with van der Waals surface area (Å²) in [5.41, 5.74) is 9.81. The lowest BCUT2D eigenvalue weighted by molar-refractivity contribution is 1.20. The number of rotatable bonds is 3. The molecule has 0 nitrogen and oxygen atoms in total. The zero-order chi connectivity index (χ0) is 17.1. The maximum atomic E-state index is 2.40. The van der Waals surface area contributed by atoms with Crippen molar-refractivity contribution in [2.45, 2.75) is 32.6 Å². The largest absolute Gasteiger partial charge is 0.0844 e. The molecule has 0 N–H and O–H groups in total. The molecule has 0 saturated carbocycles. The quantitative estimate of drug-likeness (QED) is 0.527. The molecule has 0 bridgehead atoms. The molecule has 2 aliphatic rings. The molecule has 4 rings (SSSR count). The van der Waals surface area contributed by atoms with Gasteiger partial charge >= 0.3 is 0 Å². The molecule has 0 unspecified atom stereocenters. The first-order valence-electron chi connectivity index (χ1n) is 9.22. The van der Waals surface area contributed by atoms with Crippen LogP contribution in [0.5, 0.6) is 0 Å². The van der Waals surface area contributed by atoms with Gasteiger partial charge in [0.1, 0.15) is 0 Å². The Kier molecular flexibility index (Phi) is 4.52. The maximum absolute atomic E-state index is 2.40. The number of hydrogen-bond acceptors (Lipinski definition) is 0. The van der Waals surface area contributed by atoms with Crippen molar-refractivity contribution in [3.8, 4) is 11.1 Å². The Morgan fingerprint density at radius 3 is 2.00 bits per heavy atom. The summed E-state index contributed by atoms with van der Waals surface area (Å²) in [6, 6.07) is 15.5. The van der Waals surface area contributed by atoms with E-state index in [4.69, 9.17) is 0 Å². The Hall–Kier alpha value is -2.60. The van der Waals surface area contributed by atoms with E-state index in [2.05, 4.69) is 85.8 Å². The van der Waals surface area contributed by atoms with Crippen LogP contribution in [0.3, 0.4) is 0 Å². The fraction of sp³-hybridized carbons (Fsp3) is 0.200. The third kappa shape index (κ3) is 3.30. The zero-order valence-corrected chi connectivity index (χ0v) is 14.8. The molecular weight excluding hydrogens is 300 g/mol. The van der Waals surface area contributed by atoms with E-state index < -0.39 is 0 Å². The van der Waals surface area contributed by atoms with Crippen LogP contribution in [-0.2, 0) is 0 Å². The second-order valence-corrected chi connectivity index (χ2v) is 6.86. The standard InChI is InChI=1S/C25H24/c1-19-17-23(20-11-5-2-6-12-20)18-24(21-13-7-3-8-14-21)25(19)22-15-9-4-10-16-22/h2-7,9,11-12,14,16-18H,8,10,13,15H2,1H3. The molecule has 2 aromatic rings. The van der Waals surface area contributed by atoms with E-state index >= 15 is 0 Å². The second kappa shape index (κ2) is 7.11. The Morgan fingerprint density at radius 2 is 1.36 bits per heavy atom. The Bertz CT molecular complexity index is 889. The summed E-state index contributed by atoms with van der Waals surface area (Å²) in [5, 5.41) is 0. The average molecular weight is 324 g/mol. The fourth-order valence-electron chi connectivity index (χ4n) is 3.89. The summed E-state index contributed by atoms with van der Waals surface area (Å²) in [5.74, 6) is 0. The van der Waals surface area contributed by atoms with Gasteiger partial charge in [0, 0.05) is 0 Å². The van der Waals surface area contributed by atoms with Crippen molar-refractivity contribution >= 4 is 11.1 Å². The van der Waals surface area contributed by atoms with Gasteiger partial charge in [0.15, 0.2) is 0 Å². The molecule has 2 aromatic carbocycles. The van der Waals surface area contributed by atoms with Gasteiger partial charge in [-0.1, -0.05) is 72.9 Å². The van der Waals surface area contributed by atoms with Gasteiger partial charge in [-0.25, -0.2) is 0 Å². The molecular formula is C25H24. The molecule has 0 heteroatoms. The van der Waals surface area contributed by atoms with Gasteiger partial charge in [0.25, 0.3) is 0 Å². The number of aryl methyl sites for hydroxylation is 1. The highest BCUT2D eigenvalue weighted by Gasteiger charge is 2.16. The Labute approximate surface area is 150 Å². The van der Waals surface area contributed by atoms with Crippen molar-refractivity contribution < 1.29 is 0 Å². The van der Waals surface area contributed by atoms with Crippen molar-refractivity contribution in [2.75, 3.05) is 0 Å². The minimum Gasteiger partial charge on any atom is -0.0844 e. The lowest BCUT2D eigenvalue weighted by Gasteiger charge is -2.21. The monoisotopic (exact) mass is 324 g/mol. The molecule has 0 aliphatic heterocycles. The van der Waals surface area contributed by atoms with Crippen LogP contribution in [-0.4, -0.2) is 0 Å². The zero-order valence-electron chi connectivity index (χ0n) is 14.8. The van der Waals surface area contributed by atoms with Gasteiger partial charge in [-0.05, 0) is 77.6 Å². The fourth-order valence-corrected chi connectivity index (χ4v) is 3.89. The summed E-state index contributed by atoms with van der Waals surface area (Å²) in [7, 11) is 0. The van der Waals surface area contributed by atoms with Crippen LogP contribution >= 0.6 is 0 Å². The van der Waals surface area contributed by atoms with E-state index in [0.717, 1.165) is 25.7 Å². The minimum absolute atomic E-state index is 1.04. The molecule has 0 heterocycles. The van der Waals surface area contributed by atoms with E-state index in [9.17, 15) is 0 Å². The molecule has 124 valence electrons. The lowest BCUT2D eigenvalue weighted by Crippen LogP contribution is -2.00. The number of benzene rings is 2. The summed E-state index contributed by atoms with van der Waals surface area (Å²) < 4.78 is 0. The predicted octanol–water partition coefficient (Wildman–Crippen LogP) is 7.13. The van der Waals surface area contributed by atoms with Gasteiger partial charge < -0.3 is 0 Å². The van der Waals surface area contributed by atoms with Gasteiger partial charge in [0.05, 0.1) is 0 Å². The number of allylic oxidation sites excluding steroid dienone is 8. The predicted molar refractivity (Wildman–Crippen MR) is 109 cm³/mol. The van der Waals surface area contributed by atoms with Gasteiger partial charge in [0.2, 0.25) is 0 Å². The van der Waals surface area contributed by atoms with Crippen LogP contribution in [0.25, 0.3) is 22.3 Å². The molecule has 0 aromatic heterocycles. The molecule has 25 heavy (non-hydrogen) atoms. The second-order valence-electron chi connectivity index (χ2n) is 6.86. The van der Waals surface area contributed by atoms with Crippen molar-refractivity contribution in [3.63, 3.8) is 0 Å². The molecule has 0 radical (unpaired) electrons. The lowest BCUT2D eigenvalue weighted by atomic mass is 9.83. The SMILES string of the molecule is Cc1cc(-c2ccccc2)cc(C2=CCC=CC2)c1C1=CCC=CC1. The molecule has 0 amide bonds. The highest BCUT2D eigenvalue weighted by Crippen LogP contribution is 2.38. The van der Waals surface area contributed by atoms with Crippen molar-refractivity contribution in [3.05, 3.63) is 95.6 Å². The van der Waals surface area contributed by atoms with Crippen molar-refractivity contribution in [2.24, 2.45) is 0 Å². The summed E-state index contributed by atoms with van der Waals surface area (Å²) >= 11 is 0. The van der Waals surface area contributed by atoms with E-state index in [1.807, 2.05) is 0 Å². The third-order valence-corrected chi connectivity index (χ3v) is 5.12. The van der Waals surface area contributed by atoms with Crippen LogP contribution in [0.2, 0.25) is 0 Å². The maximum Gasteiger partial charge on any atom is -0.00941 e. The molecule has 0 fully saturated rings. The molecule has 0 saturated heterocycles. The van der Waals surface area contributed by atoms with E-state index in [-0.39, 0.29) is 0 Å². The van der Waals surface area contributed by atoms with Gasteiger partial charge in [-0.15, -0.1) is 0 Å². The van der Waals surface area contributed by atoms with Crippen molar-refractivity contribution in [1.29, 1.82) is 0 Å². The first-order valence-corrected chi connectivity index (χ1v) is 9.22. The topological polar surface area (TPSA) is 0 Å². The third-order valence-electron chi connectivity index (χ3n) is 5.12. The summed E-state index contributed by atoms with van der Waals surface area (Å²) in [6.45, 7) is 2.27. The van der Waals surface area contributed by atoms with Crippen LogP contribution in [0, 0.1) is 6.92 Å². The number of hydrogen-bond donors (Lipinski definition) is 0. The van der Waals surface area contributed by atoms with Crippen LogP contribution in [0.1, 0.15) is 42.4 Å². The average Bonchev–Trinajstić information content (AvgIpc) is 2.69.